The highest BCUT2D eigenvalue weighted by Gasteiger charge is 2.27. The molecule has 1 saturated heterocycles. The summed E-state index contributed by atoms with van der Waals surface area (Å²) in [6.07, 6.45) is 9.08. The molecule has 21 heavy (non-hydrogen) atoms. The van der Waals surface area contributed by atoms with E-state index < -0.39 is 0 Å². The van der Waals surface area contributed by atoms with Crippen LogP contribution in [0.15, 0.2) is 6.33 Å². The molecule has 1 aliphatic carbocycles. The largest absolute Gasteiger partial charge is 0.356 e. The predicted octanol–water partition coefficient (Wildman–Crippen LogP) is 2.57. The molecule has 0 spiro atoms. The zero-order valence-electron chi connectivity index (χ0n) is 13.4. The number of aromatic nitrogens is 2. The summed E-state index contributed by atoms with van der Waals surface area (Å²) in [7, 11) is 0. The van der Waals surface area contributed by atoms with Gasteiger partial charge in [0.2, 0.25) is 0 Å². The quantitative estimate of drug-likeness (QED) is 0.904. The second-order valence-corrected chi connectivity index (χ2v) is 6.54. The lowest BCUT2D eigenvalue weighted by Gasteiger charge is -2.36. The Hall–Kier alpha value is -1.16. The number of nitrogens with one attached hydrogen (secondary N) is 1. The fourth-order valence-corrected chi connectivity index (χ4v) is 3.76. The van der Waals surface area contributed by atoms with Crippen LogP contribution in [0, 0.1) is 5.92 Å². The van der Waals surface area contributed by atoms with Gasteiger partial charge in [-0.25, -0.2) is 9.97 Å². The highest BCUT2D eigenvalue weighted by Crippen LogP contribution is 2.31. The van der Waals surface area contributed by atoms with E-state index >= 15 is 0 Å². The number of nitrogens with zero attached hydrogens (tertiary/aromatic N) is 3. The van der Waals surface area contributed by atoms with Crippen LogP contribution in [-0.4, -0.2) is 35.6 Å². The van der Waals surface area contributed by atoms with Crippen LogP contribution in [0.3, 0.4) is 0 Å². The topological polar surface area (TPSA) is 41.0 Å². The lowest BCUT2D eigenvalue weighted by Crippen LogP contribution is -2.42. The molecule has 1 aromatic heterocycles. The summed E-state index contributed by atoms with van der Waals surface area (Å²) in [4.78, 5) is 11.5. The third-order valence-electron chi connectivity index (χ3n) is 5.11. The number of aryl methyl sites for hydroxylation is 1. The Labute approximate surface area is 128 Å². The van der Waals surface area contributed by atoms with Crippen LogP contribution in [0.2, 0.25) is 0 Å². The van der Waals surface area contributed by atoms with Gasteiger partial charge in [-0.05, 0) is 57.9 Å². The minimum atomic E-state index is 0.642. The molecule has 0 radical (unpaired) electrons. The van der Waals surface area contributed by atoms with E-state index in [2.05, 4.69) is 34.0 Å². The molecule has 1 aliphatic heterocycles. The molecular weight excluding hydrogens is 260 g/mol. The maximum Gasteiger partial charge on any atom is 0.135 e. The highest BCUT2D eigenvalue weighted by atomic mass is 15.2. The predicted molar refractivity (Wildman–Crippen MR) is 86.7 cm³/mol. The summed E-state index contributed by atoms with van der Waals surface area (Å²) < 4.78 is 0. The first kappa shape index (κ1) is 14.8. The van der Waals surface area contributed by atoms with Gasteiger partial charge in [0, 0.05) is 30.4 Å². The molecule has 3 rings (SSSR count). The van der Waals surface area contributed by atoms with Gasteiger partial charge in [-0.1, -0.05) is 6.92 Å². The summed E-state index contributed by atoms with van der Waals surface area (Å²) in [5.74, 6) is 2.04. The van der Waals surface area contributed by atoms with E-state index in [0.717, 1.165) is 32.0 Å². The maximum atomic E-state index is 4.59. The van der Waals surface area contributed by atoms with Gasteiger partial charge < -0.3 is 10.2 Å². The molecule has 1 atom stereocenters. The molecule has 0 bridgehead atoms. The van der Waals surface area contributed by atoms with Crippen LogP contribution in [0.25, 0.3) is 0 Å². The molecule has 4 nitrogen and oxygen atoms in total. The molecule has 1 aromatic rings. The minimum absolute atomic E-state index is 0.642. The molecule has 1 N–H and O–H groups in total. The van der Waals surface area contributed by atoms with E-state index in [0.29, 0.717) is 6.04 Å². The molecule has 0 aromatic carbocycles. The standard InChI is InChI=1S/C17H28N4/c1-3-9-18-13(2)14-7-10-21(11-8-14)17-15-5-4-6-16(15)19-12-20-17/h12-14,18H,3-11H2,1-2H3. The number of hydrogen-bond donors (Lipinski definition) is 1. The van der Waals surface area contributed by atoms with E-state index in [1.807, 2.05) is 0 Å². The molecular formula is C17H28N4. The molecule has 0 amide bonds. The third kappa shape index (κ3) is 3.20. The van der Waals surface area contributed by atoms with E-state index in [1.165, 1.54) is 49.2 Å². The first-order valence-electron chi connectivity index (χ1n) is 8.60. The van der Waals surface area contributed by atoms with Crippen LogP contribution in [0.4, 0.5) is 5.82 Å². The van der Waals surface area contributed by atoms with E-state index in [-0.39, 0.29) is 0 Å². The third-order valence-corrected chi connectivity index (χ3v) is 5.11. The molecule has 1 unspecified atom stereocenters. The van der Waals surface area contributed by atoms with Crippen molar-refractivity contribution in [3.8, 4) is 0 Å². The van der Waals surface area contributed by atoms with Crippen molar-refractivity contribution in [1.82, 2.24) is 15.3 Å². The normalized spacial score (nSPS) is 20.6. The zero-order chi connectivity index (χ0) is 14.7. The zero-order valence-corrected chi connectivity index (χ0v) is 13.4. The second-order valence-electron chi connectivity index (χ2n) is 6.54. The van der Waals surface area contributed by atoms with Gasteiger partial charge in [0.05, 0.1) is 0 Å². The highest BCUT2D eigenvalue weighted by molar-refractivity contribution is 5.50. The Kier molecular flexibility index (Phi) is 4.73. The average molecular weight is 288 g/mol. The van der Waals surface area contributed by atoms with Gasteiger partial charge in [0.25, 0.3) is 0 Å². The Morgan fingerprint density at radius 3 is 2.86 bits per heavy atom. The van der Waals surface area contributed by atoms with Crippen molar-refractivity contribution in [2.75, 3.05) is 24.5 Å². The monoisotopic (exact) mass is 288 g/mol. The Morgan fingerprint density at radius 2 is 2.10 bits per heavy atom. The smallest absolute Gasteiger partial charge is 0.135 e. The fourth-order valence-electron chi connectivity index (χ4n) is 3.76. The van der Waals surface area contributed by atoms with E-state index in [1.54, 1.807) is 6.33 Å². The van der Waals surface area contributed by atoms with Crippen LogP contribution in [0.1, 0.15) is 50.8 Å². The maximum absolute atomic E-state index is 4.59. The average Bonchev–Trinajstić information content (AvgIpc) is 3.01. The molecule has 4 heteroatoms. The van der Waals surface area contributed by atoms with Gasteiger partial charge in [0.1, 0.15) is 12.1 Å². The summed E-state index contributed by atoms with van der Waals surface area (Å²) in [6.45, 7) is 8.01. The molecule has 0 saturated carbocycles. The van der Waals surface area contributed by atoms with Gasteiger partial charge in [-0.15, -0.1) is 0 Å². The summed E-state index contributed by atoms with van der Waals surface area (Å²) in [6, 6.07) is 0.642. The number of rotatable bonds is 5. The minimum Gasteiger partial charge on any atom is -0.356 e. The Balaban J connectivity index is 1.60. The first-order valence-corrected chi connectivity index (χ1v) is 8.60. The van der Waals surface area contributed by atoms with Gasteiger partial charge in [-0.2, -0.15) is 0 Å². The second kappa shape index (κ2) is 6.73. The van der Waals surface area contributed by atoms with Crippen molar-refractivity contribution in [2.24, 2.45) is 5.92 Å². The van der Waals surface area contributed by atoms with E-state index in [4.69, 9.17) is 0 Å². The van der Waals surface area contributed by atoms with Crippen molar-refractivity contribution in [1.29, 1.82) is 0 Å². The Morgan fingerprint density at radius 1 is 1.29 bits per heavy atom. The van der Waals surface area contributed by atoms with Crippen molar-refractivity contribution in [3.05, 3.63) is 17.6 Å². The van der Waals surface area contributed by atoms with Crippen molar-refractivity contribution >= 4 is 5.82 Å². The van der Waals surface area contributed by atoms with Crippen LogP contribution in [-0.2, 0) is 12.8 Å². The lowest BCUT2D eigenvalue weighted by atomic mass is 9.90. The SMILES string of the molecule is CCCNC(C)C1CCN(c2ncnc3c2CCC3)CC1. The number of piperidine rings is 1. The molecule has 2 heterocycles. The van der Waals surface area contributed by atoms with Crippen molar-refractivity contribution in [2.45, 2.75) is 58.4 Å². The first-order chi connectivity index (χ1) is 10.3. The molecule has 1 fully saturated rings. The van der Waals surface area contributed by atoms with Crippen LogP contribution >= 0.6 is 0 Å². The summed E-state index contributed by atoms with van der Waals surface area (Å²) >= 11 is 0. The fraction of sp³-hybridized carbons (Fsp3) is 0.765. The molecule has 2 aliphatic rings. The number of anilines is 1. The van der Waals surface area contributed by atoms with Gasteiger partial charge in [0.15, 0.2) is 0 Å². The van der Waals surface area contributed by atoms with Crippen molar-refractivity contribution in [3.63, 3.8) is 0 Å². The van der Waals surface area contributed by atoms with Crippen molar-refractivity contribution < 1.29 is 0 Å². The van der Waals surface area contributed by atoms with E-state index in [9.17, 15) is 0 Å². The summed E-state index contributed by atoms with van der Waals surface area (Å²) in [5, 5.41) is 3.65. The number of hydrogen-bond acceptors (Lipinski definition) is 4. The van der Waals surface area contributed by atoms with Gasteiger partial charge >= 0.3 is 0 Å². The van der Waals surface area contributed by atoms with Crippen LogP contribution < -0.4 is 10.2 Å². The number of fused-ring (bicyclic) bond motifs is 1. The summed E-state index contributed by atoms with van der Waals surface area (Å²) in [5.41, 5.74) is 2.72. The lowest BCUT2D eigenvalue weighted by molar-refractivity contribution is 0.310. The van der Waals surface area contributed by atoms with Crippen LogP contribution in [0.5, 0.6) is 0 Å². The van der Waals surface area contributed by atoms with Gasteiger partial charge in [-0.3, -0.25) is 0 Å². The Bertz CT molecular complexity index is 466. The molecule has 116 valence electrons.